The molecule has 4 aromatic carbocycles. The number of hydrogen-bond donors (Lipinski definition) is 0. The van der Waals surface area contributed by atoms with Gasteiger partial charge in [-0.15, -0.1) is 0 Å². The molecule has 0 fully saturated rings. The molecule has 0 bridgehead atoms. The number of hydrogen-bond acceptors (Lipinski definition) is 0. The molecular weight excluding hydrogens is 382 g/mol. The first-order chi connectivity index (χ1) is 13.9. The van der Waals surface area contributed by atoms with Gasteiger partial charge in [0.1, 0.15) is 0 Å². The predicted molar refractivity (Wildman–Crippen MR) is 121 cm³/mol. The molecule has 0 nitrogen and oxygen atoms in total. The first kappa shape index (κ1) is 25.1. The van der Waals surface area contributed by atoms with Gasteiger partial charge >= 0.3 is 59.1 Å². The van der Waals surface area contributed by atoms with Crippen molar-refractivity contribution >= 4 is 0 Å². The number of rotatable bonds is 7. The van der Waals surface area contributed by atoms with Crippen LogP contribution in [0.2, 0.25) is 0 Å². The Morgan fingerprint density at radius 3 is 0.767 bits per heavy atom. The van der Waals surface area contributed by atoms with Gasteiger partial charge in [0.2, 0.25) is 0 Å². The van der Waals surface area contributed by atoms with Crippen molar-refractivity contribution in [2.75, 3.05) is 0 Å². The third-order valence-electron chi connectivity index (χ3n) is 5.55. The van der Waals surface area contributed by atoms with Crippen molar-refractivity contribution in [2.45, 2.75) is 24.7 Å². The molecule has 0 unspecified atom stereocenters. The minimum atomic E-state index is 0. The summed E-state index contributed by atoms with van der Waals surface area (Å²) in [5.74, 6) is 0.828. The summed E-state index contributed by atoms with van der Waals surface area (Å²) in [4.78, 5) is 0. The quantitative estimate of drug-likeness (QED) is 0.407. The van der Waals surface area contributed by atoms with E-state index in [4.69, 9.17) is 0 Å². The summed E-state index contributed by atoms with van der Waals surface area (Å²) in [5, 5.41) is 0. The Morgan fingerprint density at radius 1 is 0.367 bits per heavy atom. The molecule has 0 spiro atoms. The van der Waals surface area contributed by atoms with E-state index in [1.807, 2.05) is 0 Å². The molecule has 0 aliphatic rings. The van der Waals surface area contributed by atoms with Crippen LogP contribution in [0.4, 0.5) is 0 Å². The Hall–Kier alpha value is -1.12. The molecule has 0 amide bonds. The van der Waals surface area contributed by atoms with E-state index in [0.29, 0.717) is 11.8 Å². The predicted octanol–water partition coefficient (Wildman–Crippen LogP) is 1.66. The van der Waals surface area contributed by atoms with Crippen LogP contribution < -0.4 is 59.1 Å². The second-order valence-electron chi connectivity index (χ2n) is 7.33. The fraction of sp³-hybridized carbons (Fsp3) is 0.143. The molecular formula is C28H28Na2. The van der Waals surface area contributed by atoms with Crippen molar-refractivity contribution in [2.24, 2.45) is 0 Å². The summed E-state index contributed by atoms with van der Waals surface area (Å²) in [6.45, 7) is 0. The Labute approximate surface area is 228 Å². The minimum Gasteiger partial charge on any atom is -1.00 e. The molecule has 0 radical (unpaired) electrons. The van der Waals surface area contributed by atoms with Crippen molar-refractivity contribution in [1.29, 1.82) is 0 Å². The molecule has 0 saturated carbocycles. The molecule has 0 aliphatic carbocycles. The van der Waals surface area contributed by atoms with E-state index < -0.39 is 0 Å². The molecule has 142 valence electrons. The minimum absolute atomic E-state index is 0. The maximum Gasteiger partial charge on any atom is 1.00 e. The van der Waals surface area contributed by atoms with E-state index in [0.717, 1.165) is 12.8 Å². The third kappa shape index (κ3) is 6.69. The topological polar surface area (TPSA) is 0 Å². The van der Waals surface area contributed by atoms with Crippen LogP contribution in [0.1, 0.15) is 49.8 Å². The summed E-state index contributed by atoms with van der Waals surface area (Å²) >= 11 is 0. The van der Waals surface area contributed by atoms with Crippen LogP contribution in [0.3, 0.4) is 0 Å². The van der Waals surface area contributed by atoms with E-state index in [2.05, 4.69) is 121 Å². The van der Waals surface area contributed by atoms with Gasteiger partial charge < -0.3 is 2.85 Å². The Morgan fingerprint density at radius 2 is 0.567 bits per heavy atom. The first-order valence-corrected chi connectivity index (χ1v) is 10.1. The Bertz CT molecular complexity index is 803. The number of benzene rings is 4. The zero-order valence-electron chi connectivity index (χ0n) is 20.1. The Balaban J connectivity index is 0.00000240. The molecule has 2 heteroatoms. The maximum absolute atomic E-state index is 2.26. The molecule has 4 rings (SSSR count). The van der Waals surface area contributed by atoms with Crippen molar-refractivity contribution < 1.29 is 62.0 Å². The molecule has 0 N–H and O–H groups in total. The van der Waals surface area contributed by atoms with Gasteiger partial charge in [0.25, 0.3) is 0 Å². The van der Waals surface area contributed by atoms with Crippen LogP contribution in [0.15, 0.2) is 121 Å². The normalized spacial score (nSPS) is 10.3. The molecule has 0 aromatic heterocycles. The van der Waals surface area contributed by atoms with E-state index in [9.17, 15) is 0 Å². The summed E-state index contributed by atoms with van der Waals surface area (Å²) in [6.07, 6.45) is 2.23. The maximum atomic E-state index is 2.26. The van der Waals surface area contributed by atoms with Gasteiger partial charge in [0.15, 0.2) is 0 Å². The fourth-order valence-electron chi connectivity index (χ4n) is 4.13. The van der Waals surface area contributed by atoms with E-state index in [1.165, 1.54) is 22.3 Å². The van der Waals surface area contributed by atoms with Crippen LogP contribution in [-0.2, 0) is 0 Å². The Kier molecular flexibility index (Phi) is 11.2. The first-order valence-electron chi connectivity index (χ1n) is 10.1. The monoisotopic (exact) mass is 410 g/mol. The summed E-state index contributed by atoms with van der Waals surface area (Å²) in [5.41, 5.74) is 5.59. The summed E-state index contributed by atoms with van der Waals surface area (Å²) in [7, 11) is 0. The van der Waals surface area contributed by atoms with Gasteiger partial charge in [-0.05, 0) is 35.1 Å². The van der Waals surface area contributed by atoms with Crippen LogP contribution in [0.5, 0.6) is 0 Å². The summed E-state index contributed by atoms with van der Waals surface area (Å²) < 4.78 is 0. The fourth-order valence-corrected chi connectivity index (χ4v) is 4.13. The molecule has 0 aliphatic heterocycles. The second-order valence-corrected chi connectivity index (χ2v) is 7.33. The van der Waals surface area contributed by atoms with Crippen molar-refractivity contribution in [3.05, 3.63) is 144 Å². The molecule has 4 aromatic rings. The van der Waals surface area contributed by atoms with E-state index in [-0.39, 0.29) is 62.0 Å². The standard InChI is InChI=1S/C28H26.2Na.2H/c1-5-13-23(14-6-1)27(24-15-7-2-8-16-24)21-22-28(25-17-9-3-10-18-25)26-19-11-4-12-20-26;;;;/h1-20,27-28H,21-22H2;;;;/q;2*+1;2*-1. The van der Waals surface area contributed by atoms with Gasteiger partial charge in [-0.2, -0.15) is 0 Å². The molecule has 0 heterocycles. The van der Waals surface area contributed by atoms with Crippen LogP contribution >= 0.6 is 0 Å². The van der Waals surface area contributed by atoms with Crippen LogP contribution in [0.25, 0.3) is 0 Å². The van der Waals surface area contributed by atoms with Gasteiger partial charge in [0.05, 0.1) is 0 Å². The van der Waals surface area contributed by atoms with Crippen LogP contribution in [-0.4, -0.2) is 0 Å². The average molecular weight is 411 g/mol. The SMILES string of the molecule is [H-].[H-].[Na+].[Na+].c1ccc(C(CCC(c2ccccc2)c2ccccc2)c2ccccc2)cc1. The summed E-state index contributed by atoms with van der Waals surface area (Å²) in [6, 6.07) is 43.7. The zero-order chi connectivity index (χ0) is 19.0. The smallest absolute Gasteiger partial charge is 1.00 e. The van der Waals surface area contributed by atoms with E-state index in [1.54, 1.807) is 0 Å². The zero-order valence-corrected chi connectivity index (χ0v) is 22.1. The molecule has 30 heavy (non-hydrogen) atoms. The van der Waals surface area contributed by atoms with Crippen molar-refractivity contribution in [3.8, 4) is 0 Å². The molecule has 0 atom stereocenters. The average Bonchev–Trinajstić information content (AvgIpc) is 2.79. The van der Waals surface area contributed by atoms with Gasteiger partial charge in [-0.1, -0.05) is 121 Å². The van der Waals surface area contributed by atoms with Crippen LogP contribution in [0, 0.1) is 0 Å². The van der Waals surface area contributed by atoms with Gasteiger partial charge in [-0.3, -0.25) is 0 Å². The van der Waals surface area contributed by atoms with Gasteiger partial charge in [0, 0.05) is 11.8 Å². The van der Waals surface area contributed by atoms with Gasteiger partial charge in [-0.25, -0.2) is 0 Å². The largest absolute Gasteiger partial charge is 1.00 e. The molecule has 0 saturated heterocycles. The van der Waals surface area contributed by atoms with E-state index >= 15 is 0 Å². The van der Waals surface area contributed by atoms with Crippen molar-refractivity contribution in [1.82, 2.24) is 0 Å². The van der Waals surface area contributed by atoms with Crippen molar-refractivity contribution in [3.63, 3.8) is 0 Å². The third-order valence-corrected chi connectivity index (χ3v) is 5.55. The second kappa shape index (κ2) is 13.3.